The molecule has 17 nitrogen and oxygen atoms in total. The highest BCUT2D eigenvalue weighted by Crippen LogP contribution is 2.50. The maximum atomic E-state index is 14.6. The first kappa shape index (κ1) is 54.2. The van der Waals surface area contributed by atoms with Crippen molar-refractivity contribution in [2.24, 2.45) is 0 Å². The summed E-state index contributed by atoms with van der Waals surface area (Å²) in [6, 6.07) is 40.4. The number of carbonyl (C=O) groups is 2. The Bertz CT molecular complexity index is 2940. The van der Waals surface area contributed by atoms with Gasteiger partial charge >= 0.3 is 0 Å². The highest BCUT2D eigenvalue weighted by atomic mass is 31.1. The predicted octanol–water partition coefficient (Wildman–Crippen LogP) is 9.77. The Balaban J connectivity index is 1.27. The average Bonchev–Trinajstić information content (AvgIpc) is 4.03. The lowest BCUT2D eigenvalue weighted by Gasteiger charge is -2.38. The van der Waals surface area contributed by atoms with Gasteiger partial charge in [-0.2, -0.15) is 5.06 Å². The molecule has 3 heterocycles. The second-order valence-corrected chi connectivity index (χ2v) is 19.6. The van der Waals surface area contributed by atoms with Crippen LogP contribution in [0.3, 0.4) is 0 Å². The summed E-state index contributed by atoms with van der Waals surface area (Å²) in [7, 11) is 4.24. The van der Waals surface area contributed by atoms with Gasteiger partial charge in [0.2, 0.25) is 8.46 Å². The van der Waals surface area contributed by atoms with E-state index >= 15 is 0 Å². The fraction of sp³-hybridized carbons (Fsp3) is 0.351. The molecule has 0 spiro atoms. The molecule has 2 aromatic heterocycles. The molecule has 1 N–H and O–H groups in total. The number of amides is 2. The van der Waals surface area contributed by atoms with Crippen molar-refractivity contribution in [3.05, 3.63) is 174 Å². The number of fused-ring (bicyclic) bond motifs is 1. The standard InChI is InChI=1S/C57H64N7O10P/c1-37(2)62(55(66)41-20-26-45(68-7)27-21-41)32-33-71-51-50(74-64(38(3)4)39(5)6)48(73-57(51,75-67)63-36-60-49-52(58-35-59-53(49)63)61-54(65)40-16-12-10-13-17-40)34-72-56(42-18-14-11-15-19-42,43-22-28-46(69-8)29-23-43)44-24-30-47(70-9)31-25-44/h10-31,35-39,48,50-51H,32-34H2,1-9H3,(H,58,59,61,65)/t48-,50-,51-,57+/m1/s1. The Morgan fingerprint density at radius 2 is 1.25 bits per heavy atom. The first-order chi connectivity index (χ1) is 36.3. The Morgan fingerprint density at radius 3 is 1.79 bits per heavy atom. The van der Waals surface area contributed by atoms with Crippen LogP contribution >= 0.6 is 8.46 Å². The molecule has 392 valence electrons. The first-order valence-electron chi connectivity index (χ1n) is 24.9. The van der Waals surface area contributed by atoms with E-state index in [1.807, 2.05) is 132 Å². The number of benzene rings is 5. The van der Waals surface area contributed by atoms with E-state index in [1.54, 1.807) is 74.8 Å². The van der Waals surface area contributed by atoms with Gasteiger partial charge in [0.25, 0.3) is 17.3 Å². The third-order valence-electron chi connectivity index (χ3n) is 13.2. The molecule has 7 aromatic rings. The number of carbonyl (C=O) groups excluding carboxylic acids is 2. The minimum atomic E-state index is -1.96. The smallest absolute Gasteiger partial charge is 0.259 e. The van der Waals surface area contributed by atoms with Gasteiger partial charge in [-0.05, 0) is 119 Å². The number of rotatable bonds is 23. The van der Waals surface area contributed by atoms with Gasteiger partial charge in [0.15, 0.2) is 17.0 Å². The molecule has 5 aromatic carbocycles. The van der Waals surface area contributed by atoms with Crippen LogP contribution in [0.1, 0.15) is 78.9 Å². The van der Waals surface area contributed by atoms with E-state index in [0.29, 0.717) is 28.4 Å². The highest BCUT2D eigenvalue weighted by Gasteiger charge is 2.62. The highest BCUT2D eigenvalue weighted by molar-refractivity contribution is 7.24. The molecule has 1 aliphatic heterocycles. The van der Waals surface area contributed by atoms with Gasteiger partial charge < -0.3 is 38.6 Å². The molecule has 1 saturated heterocycles. The zero-order valence-electron chi connectivity index (χ0n) is 43.7. The quantitative estimate of drug-likeness (QED) is 0.0364. The van der Waals surface area contributed by atoms with Crippen molar-refractivity contribution < 1.29 is 47.4 Å². The van der Waals surface area contributed by atoms with Gasteiger partial charge in [0, 0.05) is 35.8 Å². The van der Waals surface area contributed by atoms with Gasteiger partial charge in [-0.15, -0.1) is 0 Å². The molecular formula is C57H64N7O10P. The number of imidazole rings is 1. The van der Waals surface area contributed by atoms with Crippen molar-refractivity contribution in [3.8, 4) is 17.2 Å². The third-order valence-corrected chi connectivity index (χ3v) is 14.0. The lowest BCUT2D eigenvalue weighted by atomic mass is 9.80. The summed E-state index contributed by atoms with van der Waals surface area (Å²) >= 11 is 0. The number of aromatic nitrogens is 4. The minimum absolute atomic E-state index is 0.0478. The van der Waals surface area contributed by atoms with E-state index in [0.717, 1.165) is 16.7 Å². The van der Waals surface area contributed by atoms with E-state index < -0.39 is 43.7 Å². The number of hydrogen-bond acceptors (Lipinski definition) is 14. The molecule has 8 rings (SSSR count). The minimum Gasteiger partial charge on any atom is -0.497 e. The van der Waals surface area contributed by atoms with Crippen LogP contribution in [-0.4, -0.2) is 119 Å². The summed E-state index contributed by atoms with van der Waals surface area (Å²) in [6.45, 7) is 11.8. The molecule has 0 bridgehead atoms. The maximum absolute atomic E-state index is 14.6. The van der Waals surface area contributed by atoms with E-state index in [9.17, 15) is 14.2 Å². The van der Waals surface area contributed by atoms with E-state index in [-0.39, 0.29) is 60.8 Å². The number of nitrogens with one attached hydrogen (secondary N) is 1. The zero-order valence-corrected chi connectivity index (χ0v) is 44.5. The van der Waals surface area contributed by atoms with Gasteiger partial charge in [0.1, 0.15) is 53.8 Å². The second kappa shape index (κ2) is 24.0. The number of anilines is 1. The summed E-state index contributed by atoms with van der Waals surface area (Å²) in [5, 5.41) is 4.72. The van der Waals surface area contributed by atoms with Crippen molar-refractivity contribution >= 4 is 37.3 Å². The number of ether oxygens (including phenoxy) is 6. The van der Waals surface area contributed by atoms with Crippen molar-refractivity contribution in [2.75, 3.05) is 46.4 Å². The number of hydrogen-bond donors (Lipinski definition) is 1. The summed E-state index contributed by atoms with van der Waals surface area (Å²) in [5.74, 6) is 1.43. The van der Waals surface area contributed by atoms with E-state index in [1.165, 1.54) is 17.2 Å². The van der Waals surface area contributed by atoms with Crippen LogP contribution in [0.2, 0.25) is 0 Å². The third kappa shape index (κ3) is 11.3. The average molecular weight is 1040 g/mol. The lowest BCUT2D eigenvalue weighted by molar-refractivity contribution is -0.262. The maximum Gasteiger partial charge on any atom is 0.259 e. The summed E-state index contributed by atoms with van der Waals surface area (Å²) < 4.78 is 54.5. The molecule has 4 atom stereocenters. The molecule has 0 aliphatic carbocycles. The van der Waals surface area contributed by atoms with Crippen LogP contribution in [0.4, 0.5) is 5.82 Å². The Morgan fingerprint density at radius 1 is 0.707 bits per heavy atom. The summed E-state index contributed by atoms with van der Waals surface area (Å²) in [6.07, 6.45) is -0.554. The molecule has 18 heteroatoms. The van der Waals surface area contributed by atoms with Crippen molar-refractivity contribution in [3.63, 3.8) is 0 Å². The van der Waals surface area contributed by atoms with Gasteiger partial charge in [-0.25, -0.2) is 15.0 Å². The Kier molecular flexibility index (Phi) is 17.4. The van der Waals surface area contributed by atoms with Crippen LogP contribution in [0.15, 0.2) is 146 Å². The van der Waals surface area contributed by atoms with Crippen LogP contribution in [0.25, 0.3) is 11.2 Å². The fourth-order valence-electron chi connectivity index (χ4n) is 9.50. The van der Waals surface area contributed by atoms with E-state index in [4.69, 9.17) is 38.2 Å². The van der Waals surface area contributed by atoms with Crippen LogP contribution in [-0.2, 0) is 34.7 Å². The monoisotopic (exact) mass is 1040 g/mol. The van der Waals surface area contributed by atoms with Crippen molar-refractivity contribution in [1.82, 2.24) is 29.5 Å². The normalized spacial score (nSPS) is 17.8. The van der Waals surface area contributed by atoms with Crippen molar-refractivity contribution in [1.29, 1.82) is 0 Å². The van der Waals surface area contributed by atoms with Crippen LogP contribution < -0.4 is 19.5 Å². The van der Waals surface area contributed by atoms with Gasteiger partial charge in [-0.1, -0.05) is 72.8 Å². The molecule has 0 radical (unpaired) electrons. The second-order valence-electron chi connectivity index (χ2n) is 18.8. The fourth-order valence-corrected chi connectivity index (χ4v) is 10.2. The Labute approximate surface area is 439 Å². The largest absolute Gasteiger partial charge is 0.497 e. The molecule has 1 aliphatic rings. The molecule has 2 amide bonds. The molecule has 0 saturated carbocycles. The summed E-state index contributed by atoms with van der Waals surface area (Å²) in [5.41, 5.74) is 0.378. The predicted molar refractivity (Wildman–Crippen MR) is 284 cm³/mol. The van der Waals surface area contributed by atoms with E-state index in [2.05, 4.69) is 15.3 Å². The zero-order chi connectivity index (χ0) is 53.3. The van der Waals surface area contributed by atoms with Crippen LogP contribution in [0.5, 0.6) is 17.2 Å². The number of nitrogens with zero attached hydrogens (tertiary/aromatic N) is 6. The Hall–Kier alpha value is -7.11. The molecular weight excluding hydrogens is 974 g/mol. The topological polar surface area (TPSA) is 178 Å². The van der Waals surface area contributed by atoms with Crippen molar-refractivity contribution in [2.45, 2.75) is 89.0 Å². The van der Waals surface area contributed by atoms with Gasteiger partial charge in [-0.3, -0.25) is 23.6 Å². The van der Waals surface area contributed by atoms with Crippen LogP contribution in [0, 0.1) is 0 Å². The number of hydroxylamine groups is 2. The first-order valence-corrected chi connectivity index (χ1v) is 25.7. The number of methoxy groups -OCH3 is 3. The molecule has 75 heavy (non-hydrogen) atoms. The summed E-state index contributed by atoms with van der Waals surface area (Å²) in [4.78, 5) is 50.3. The SMILES string of the molecule is COc1ccc(C(=O)N(CCO[C@@H]2[C@H](ON(C(C)C)C(C)C)[C@@H](COC(c3ccccc3)(c3ccc(OC)cc3)c3ccc(OC)cc3)O[C@@]2(P=O)n2cnc3c(NC(=O)c4ccccc4)ncnc32)C(C)C)cc1. The van der Waals surface area contributed by atoms with Gasteiger partial charge in [0.05, 0.1) is 34.5 Å². The molecule has 1 fully saturated rings. The molecule has 0 unspecified atom stereocenters. The lowest BCUT2D eigenvalue weighted by Crippen LogP contribution is -2.51.